The van der Waals surface area contributed by atoms with Gasteiger partial charge in [-0.1, -0.05) is 20.3 Å². The highest BCUT2D eigenvalue weighted by Gasteiger charge is 2.40. The van der Waals surface area contributed by atoms with Crippen LogP contribution in [0.25, 0.3) is 0 Å². The van der Waals surface area contributed by atoms with Crippen LogP contribution in [-0.4, -0.2) is 23.3 Å². The number of aliphatic hydroxyl groups excluding tert-OH is 1. The molecule has 0 aromatic carbocycles. The first-order chi connectivity index (χ1) is 6.66. The lowest BCUT2D eigenvalue weighted by molar-refractivity contribution is 0.0452. The molecule has 2 aliphatic heterocycles. The monoisotopic (exact) mass is 197 g/mol. The lowest BCUT2D eigenvalue weighted by Crippen LogP contribution is -2.48. The minimum Gasteiger partial charge on any atom is -0.393 e. The van der Waals surface area contributed by atoms with E-state index in [-0.39, 0.29) is 6.10 Å². The summed E-state index contributed by atoms with van der Waals surface area (Å²) in [7, 11) is 0. The number of nitrogens with one attached hydrogen (secondary N) is 1. The molecule has 0 saturated carbocycles. The van der Waals surface area contributed by atoms with E-state index in [2.05, 4.69) is 19.2 Å². The molecule has 2 N–H and O–H groups in total. The van der Waals surface area contributed by atoms with Crippen molar-refractivity contribution in [3.63, 3.8) is 0 Å². The van der Waals surface area contributed by atoms with Crippen LogP contribution in [0.1, 0.15) is 46.0 Å². The van der Waals surface area contributed by atoms with E-state index in [4.69, 9.17) is 0 Å². The molecule has 0 spiro atoms. The van der Waals surface area contributed by atoms with E-state index in [0.29, 0.717) is 18.0 Å². The Balaban J connectivity index is 1.89. The molecular weight excluding hydrogens is 174 g/mol. The quantitative estimate of drug-likeness (QED) is 0.724. The predicted molar refractivity (Wildman–Crippen MR) is 58.1 cm³/mol. The Morgan fingerprint density at radius 2 is 2.14 bits per heavy atom. The Labute approximate surface area is 87.1 Å². The molecule has 2 bridgehead atoms. The summed E-state index contributed by atoms with van der Waals surface area (Å²) in [5.74, 6) is 1.29. The first kappa shape index (κ1) is 10.4. The Morgan fingerprint density at radius 1 is 1.36 bits per heavy atom. The van der Waals surface area contributed by atoms with Crippen LogP contribution < -0.4 is 5.32 Å². The van der Waals surface area contributed by atoms with Crippen molar-refractivity contribution in [2.75, 3.05) is 0 Å². The van der Waals surface area contributed by atoms with Gasteiger partial charge in [-0.3, -0.25) is 0 Å². The van der Waals surface area contributed by atoms with Crippen molar-refractivity contribution in [3.05, 3.63) is 0 Å². The van der Waals surface area contributed by atoms with Gasteiger partial charge in [0, 0.05) is 18.0 Å². The van der Waals surface area contributed by atoms with Crippen molar-refractivity contribution in [2.24, 2.45) is 11.8 Å². The molecule has 2 saturated heterocycles. The van der Waals surface area contributed by atoms with Gasteiger partial charge in [-0.05, 0) is 31.6 Å². The topological polar surface area (TPSA) is 32.3 Å². The smallest absolute Gasteiger partial charge is 0.0598 e. The number of rotatable bonds is 3. The average molecular weight is 197 g/mol. The first-order valence-corrected chi connectivity index (χ1v) is 6.11. The van der Waals surface area contributed by atoms with Gasteiger partial charge in [-0.15, -0.1) is 0 Å². The first-order valence-electron chi connectivity index (χ1n) is 6.11. The number of aliphatic hydroxyl groups is 1. The van der Waals surface area contributed by atoms with E-state index in [1.54, 1.807) is 0 Å². The second-order valence-electron chi connectivity index (χ2n) is 5.49. The lowest BCUT2D eigenvalue weighted by atomic mass is 9.84. The highest BCUT2D eigenvalue weighted by atomic mass is 16.3. The lowest BCUT2D eigenvalue weighted by Gasteiger charge is -2.35. The van der Waals surface area contributed by atoms with Crippen LogP contribution in [0.15, 0.2) is 0 Å². The largest absolute Gasteiger partial charge is 0.393 e. The third-order valence-electron chi connectivity index (χ3n) is 3.89. The molecule has 2 heterocycles. The van der Waals surface area contributed by atoms with E-state index < -0.39 is 0 Å². The summed E-state index contributed by atoms with van der Waals surface area (Å²) in [4.78, 5) is 0. The van der Waals surface area contributed by atoms with Gasteiger partial charge in [0.15, 0.2) is 0 Å². The van der Waals surface area contributed by atoms with Gasteiger partial charge >= 0.3 is 0 Å². The second-order valence-corrected chi connectivity index (χ2v) is 5.49. The van der Waals surface area contributed by atoms with Crippen molar-refractivity contribution in [2.45, 2.75) is 64.1 Å². The fourth-order valence-corrected chi connectivity index (χ4v) is 3.03. The second kappa shape index (κ2) is 4.19. The molecule has 0 radical (unpaired) electrons. The molecule has 2 heteroatoms. The maximum Gasteiger partial charge on any atom is 0.0598 e. The van der Waals surface area contributed by atoms with Crippen molar-refractivity contribution in [1.29, 1.82) is 0 Å². The zero-order valence-electron chi connectivity index (χ0n) is 9.37. The normalized spacial score (nSPS) is 42.0. The van der Waals surface area contributed by atoms with Crippen LogP contribution in [0.3, 0.4) is 0 Å². The van der Waals surface area contributed by atoms with Gasteiger partial charge in [0.2, 0.25) is 0 Å². The van der Waals surface area contributed by atoms with E-state index in [9.17, 15) is 5.11 Å². The third kappa shape index (κ3) is 2.12. The summed E-state index contributed by atoms with van der Waals surface area (Å²) in [6.07, 6.45) is 5.96. The maximum atomic E-state index is 10.0. The van der Waals surface area contributed by atoms with Crippen molar-refractivity contribution in [1.82, 2.24) is 5.32 Å². The van der Waals surface area contributed by atoms with Gasteiger partial charge in [-0.25, -0.2) is 0 Å². The van der Waals surface area contributed by atoms with Crippen molar-refractivity contribution < 1.29 is 5.11 Å². The van der Waals surface area contributed by atoms with Crippen LogP contribution in [0.5, 0.6) is 0 Å². The summed E-state index contributed by atoms with van der Waals surface area (Å²) < 4.78 is 0. The highest BCUT2D eigenvalue weighted by Crippen LogP contribution is 2.34. The van der Waals surface area contributed by atoms with Gasteiger partial charge in [0.05, 0.1) is 6.10 Å². The molecule has 2 fully saturated rings. The Bertz CT molecular complexity index is 193. The Hall–Kier alpha value is -0.0800. The number of piperidine rings is 1. The summed E-state index contributed by atoms with van der Waals surface area (Å²) in [5.41, 5.74) is 0. The molecule has 14 heavy (non-hydrogen) atoms. The van der Waals surface area contributed by atoms with Crippen molar-refractivity contribution in [3.8, 4) is 0 Å². The fourth-order valence-electron chi connectivity index (χ4n) is 3.03. The summed E-state index contributed by atoms with van der Waals surface area (Å²) in [6.45, 7) is 4.53. The molecular formula is C12H23NO. The minimum atomic E-state index is -0.0347. The fraction of sp³-hybridized carbons (Fsp3) is 1.00. The summed E-state index contributed by atoms with van der Waals surface area (Å²) in [6, 6.07) is 1.23. The van der Waals surface area contributed by atoms with E-state index in [1.807, 2.05) is 0 Å². The molecule has 2 aliphatic rings. The molecule has 2 nitrogen and oxygen atoms in total. The molecule has 0 aliphatic carbocycles. The van der Waals surface area contributed by atoms with Gasteiger partial charge in [-0.2, -0.15) is 0 Å². The molecule has 4 atom stereocenters. The van der Waals surface area contributed by atoms with E-state index >= 15 is 0 Å². The summed E-state index contributed by atoms with van der Waals surface area (Å²) >= 11 is 0. The highest BCUT2D eigenvalue weighted by molar-refractivity contribution is 4.97. The van der Waals surface area contributed by atoms with Gasteiger partial charge < -0.3 is 10.4 Å². The van der Waals surface area contributed by atoms with Gasteiger partial charge in [0.25, 0.3) is 0 Å². The molecule has 4 unspecified atom stereocenters. The predicted octanol–water partition coefficient (Wildman–Crippen LogP) is 1.92. The van der Waals surface area contributed by atoms with Crippen LogP contribution in [-0.2, 0) is 0 Å². The number of fused-ring (bicyclic) bond motifs is 2. The zero-order valence-corrected chi connectivity index (χ0v) is 9.37. The van der Waals surface area contributed by atoms with E-state index in [0.717, 1.165) is 12.3 Å². The summed E-state index contributed by atoms with van der Waals surface area (Å²) in [5, 5.41) is 13.7. The SMILES string of the molecule is CC(C)CCC1C(O)CC2CCC1N2. The Morgan fingerprint density at radius 3 is 2.86 bits per heavy atom. The molecule has 82 valence electrons. The average Bonchev–Trinajstić information content (AvgIpc) is 2.48. The number of hydrogen-bond donors (Lipinski definition) is 2. The Kier molecular flexibility index (Phi) is 3.13. The zero-order chi connectivity index (χ0) is 10.1. The third-order valence-corrected chi connectivity index (χ3v) is 3.89. The standard InChI is InChI=1S/C12H23NO/c1-8(2)3-5-10-11-6-4-9(13-11)7-12(10)14/h8-14H,3-7H2,1-2H3. The van der Waals surface area contributed by atoms with Crippen LogP contribution >= 0.6 is 0 Å². The minimum absolute atomic E-state index is 0.0347. The molecule has 0 aromatic heterocycles. The number of hydrogen-bond acceptors (Lipinski definition) is 2. The van der Waals surface area contributed by atoms with Crippen LogP contribution in [0.2, 0.25) is 0 Å². The van der Waals surface area contributed by atoms with Crippen molar-refractivity contribution >= 4 is 0 Å². The van der Waals surface area contributed by atoms with Crippen LogP contribution in [0, 0.1) is 11.8 Å². The molecule has 2 rings (SSSR count). The molecule has 0 amide bonds. The van der Waals surface area contributed by atoms with Crippen LogP contribution in [0.4, 0.5) is 0 Å². The maximum absolute atomic E-state index is 10.0. The van der Waals surface area contributed by atoms with E-state index in [1.165, 1.54) is 25.7 Å². The molecule has 0 aromatic rings. The van der Waals surface area contributed by atoms with Gasteiger partial charge in [0.1, 0.15) is 0 Å².